The van der Waals surface area contributed by atoms with Crippen molar-refractivity contribution in [3.05, 3.63) is 54.1 Å². The molecule has 1 N–H and O–H groups in total. The molecule has 2 heterocycles. The number of fused-ring (bicyclic) bond motifs is 1. The van der Waals surface area contributed by atoms with Gasteiger partial charge in [0.1, 0.15) is 0 Å². The maximum atomic E-state index is 12.9. The van der Waals surface area contributed by atoms with Crippen LogP contribution in [0.2, 0.25) is 0 Å². The maximum absolute atomic E-state index is 12.9. The molecule has 2 amide bonds. The molecule has 1 atom stereocenters. The zero-order valence-electron chi connectivity index (χ0n) is 18.8. The molecule has 2 aliphatic heterocycles. The van der Waals surface area contributed by atoms with Crippen LogP contribution < -0.4 is 5.32 Å². The number of benzene rings is 2. The van der Waals surface area contributed by atoms with E-state index in [0.717, 1.165) is 24.2 Å². The van der Waals surface area contributed by atoms with Crippen molar-refractivity contribution < 1.29 is 18.0 Å². The minimum Gasteiger partial charge on any atom is -0.343 e. The van der Waals surface area contributed by atoms with Crippen LogP contribution in [0.15, 0.2) is 58.3 Å². The van der Waals surface area contributed by atoms with Crippen molar-refractivity contribution in [2.45, 2.75) is 54.1 Å². The molecule has 0 spiro atoms. The number of amides is 2. The molecule has 0 saturated carbocycles. The molecular formula is C25H30N2O4S2. The number of piperidine rings is 1. The number of sulfone groups is 1. The van der Waals surface area contributed by atoms with Crippen LogP contribution >= 0.6 is 11.8 Å². The molecule has 0 aromatic heterocycles. The van der Waals surface area contributed by atoms with Gasteiger partial charge >= 0.3 is 0 Å². The predicted molar refractivity (Wildman–Crippen MR) is 131 cm³/mol. The van der Waals surface area contributed by atoms with E-state index in [1.54, 1.807) is 17.0 Å². The SMILES string of the molecule is CC[C@H]1Sc2ccc(S(=O)(=O)CCC(=O)N3CCC(Cc4ccccc4)CC3)cc2NC1=O. The summed E-state index contributed by atoms with van der Waals surface area (Å²) in [5, 5.41) is 2.65. The first-order valence-electron chi connectivity index (χ1n) is 11.5. The molecule has 1 fully saturated rings. The van der Waals surface area contributed by atoms with Crippen LogP contribution in [0.1, 0.15) is 38.2 Å². The average Bonchev–Trinajstić information content (AvgIpc) is 2.83. The van der Waals surface area contributed by atoms with Gasteiger partial charge in [-0.1, -0.05) is 37.3 Å². The third-order valence-electron chi connectivity index (χ3n) is 6.42. The summed E-state index contributed by atoms with van der Waals surface area (Å²) in [5.74, 6) is 0.114. The molecule has 2 aliphatic rings. The number of rotatable bonds is 7. The number of hydrogen-bond acceptors (Lipinski definition) is 5. The normalized spacial score (nSPS) is 19.1. The number of thioether (sulfide) groups is 1. The molecule has 33 heavy (non-hydrogen) atoms. The Hall–Kier alpha value is -2.32. The highest BCUT2D eigenvalue weighted by Crippen LogP contribution is 2.38. The van der Waals surface area contributed by atoms with Gasteiger partial charge < -0.3 is 10.2 Å². The van der Waals surface area contributed by atoms with E-state index in [1.807, 2.05) is 25.1 Å². The summed E-state index contributed by atoms with van der Waals surface area (Å²) in [6, 6.07) is 15.2. The Balaban J connectivity index is 1.30. The summed E-state index contributed by atoms with van der Waals surface area (Å²) < 4.78 is 25.7. The second-order valence-electron chi connectivity index (χ2n) is 8.74. The molecule has 0 aliphatic carbocycles. The standard InChI is InChI=1S/C25H30N2O4S2/c1-2-22-25(29)26-21-17-20(8-9-23(21)32-22)33(30,31)15-12-24(28)27-13-10-19(11-14-27)16-18-6-4-3-5-7-18/h3-9,17,19,22H,2,10-16H2,1H3,(H,26,29)/t22-/m1/s1. The second kappa shape index (κ2) is 10.3. The fourth-order valence-electron chi connectivity index (χ4n) is 4.42. The molecule has 176 valence electrons. The lowest BCUT2D eigenvalue weighted by atomic mass is 9.90. The minimum absolute atomic E-state index is 0.0260. The highest BCUT2D eigenvalue weighted by atomic mass is 32.2. The van der Waals surface area contributed by atoms with Crippen LogP contribution in [-0.4, -0.2) is 49.2 Å². The van der Waals surface area contributed by atoms with Crippen molar-refractivity contribution in [3.63, 3.8) is 0 Å². The van der Waals surface area contributed by atoms with Crippen LogP contribution in [0.3, 0.4) is 0 Å². The summed E-state index contributed by atoms with van der Waals surface area (Å²) in [6.07, 6.45) is 3.58. The number of nitrogens with zero attached hydrogens (tertiary/aromatic N) is 1. The van der Waals surface area contributed by atoms with Gasteiger partial charge in [0.25, 0.3) is 0 Å². The number of carbonyl (C=O) groups excluding carboxylic acids is 2. The van der Waals surface area contributed by atoms with Gasteiger partial charge in [0.05, 0.1) is 21.6 Å². The molecule has 6 nitrogen and oxygen atoms in total. The first kappa shape index (κ1) is 23.8. The highest BCUT2D eigenvalue weighted by molar-refractivity contribution is 8.01. The fraction of sp³-hybridized carbons (Fsp3) is 0.440. The lowest BCUT2D eigenvalue weighted by molar-refractivity contribution is -0.132. The first-order valence-corrected chi connectivity index (χ1v) is 14.0. The van der Waals surface area contributed by atoms with Crippen molar-refractivity contribution in [1.29, 1.82) is 0 Å². The Bertz CT molecular complexity index is 1110. The summed E-state index contributed by atoms with van der Waals surface area (Å²) in [6.45, 7) is 3.30. The smallest absolute Gasteiger partial charge is 0.237 e. The third-order valence-corrected chi connectivity index (χ3v) is 9.58. The molecule has 2 aromatic carbocycles. The van der Waals surface area contributed by atoms with Gasteiger partial charge in [-0.2, -0.15) is 0 Å². The van der Waals surface area contributed by atoms with E-state index in [2.05, 4.69) is 17.4 Å². The van der Waals surface area contributed by atoms with E-state index in [-0.39, 0.29) is 34.1 Å². The van der Waals surface area contributed by atoms with E-state index in [0.29, 0.717) is 31.1 Å². The Labute approximate surface area is 200 Å². The topological polar surface area (TPSA) is 83.6 Å². The van der Waals surface area contributed by atoms with Crippen molar-refractivity contribution in [2.24, 2.45) is 5.92 Å². The number of anilines is 1. The minimum atomic E-state index is -3.62. The van der Waals surface area contributed by atoms with Crippen molar-refractivity contribution >= 4 is 39.1 Å². The van der Waals surface area contributed by atoms with Gasteiger partial charge in [-0.3, -0.25) is 9.59 Å². The van der Waals surface area contributed by atoms with E-state index in [4.69, 9.17) is 0 Å². The van der Waals surface area contributed by atoms with Gasteiger partial charge in [-0.05, 0) is 55.4 Å². The molecule has 0 radical (unpaired) electrons. The van der Waals surface area contributed by atoms with Crippen molar-refractivity contribution in [1.82, 2.24) is 4.90 Å². The number of nitrogens with one attached hydrogen (secondary N) is 1. The Morgan fingerprint density at radius 3 is 2.55 bits per heavy atom. The molecular weight excluding hydrogens is 456 g/mol. The summed E-state index contributed by atoms with van der Waals surface area (Å²) >= 11 is 1.45. The van der Waals surface area contributed by atoms with Gasteiger partial charge in [0, 0.05) is 24.4 Å². The zero-order valence-corrected chi connectivity index (χ0v) is 20.5. The van der Waals surface area contributed by atoms with Crippen LogP contribution in [-0.2, 0) is 25.8 Å². The highest BCUT2D eigenvalue weighted by Gasteiger charge is 2.28. The van der Waals surface area contributed by atoms with E-state index >= 15 is 0 Å². The summed E-state index contributed by atoms with van der Waals surface area (Å²) in [7, 11) is -3.62. The van der Waals surface area contributed by atoms with Crippen LogP contribution in [0.4, 0.5) is 5.69 Å². The number of carbonyl (C=O) groups is 2. The fourth-order valence-corrected chi connectivity index (χ4v) is 6.70. The predicted octanol–water partition coefficient (Wildman–Crippen LogP) is 4.15. The van der Waals surface area contributed by atoms with Gasteiger partial charge in [0.15, 0.2) is 9.84 Å². The van der Waals surface area contributed by atoms with Gasteiger partial charge in [-0.25, -0.2) is 8.42 Å². The zero-order chi connectivity index (χ0) is 23.4. The maximum Gasteiger partial charge on any atom is 0.237 e. The molecule has 2 aromatic rings. The molecule has 4 rings (SSSR count). The third kappa shape index (κ3) is 5.79. The Morgan fingerprint density at radius 1 is 1.12 bits per heavy atom. The monoisotopic (exact) mass is 486 g/mol. The van der Waals surface area contributed by atoms with Crippen LogP contribution in [0.5, 0.6) is 0 Å². The van der Waals surface area contributed by atoms with Gasteiger partial charge in [0.2, 0.25) is 11.8 Å². The lowest BCUT2D eigenvalue weighted by Crippen LogP contribution is -2.39. The summed E-state index contributed by atoms with van der Waals surface area (Å²) in [4.78, 5) is 27.6. The Morgan fingerprint density at radius 2 is 1.85 bits per heavy atom. The molecule has 8 heteroatoms. The number of hydrogen-bond donors (Lipinski definition) is 1. The quantitative estimate of drug-likeness (QED) is 0.636. The van der Waals surface area contributed by atoms with Crippen molar-refractivity contribution in [3.8, 4) is 0 Å². The largest absolute Gasteiger partial charge is 0.343 e. The van der Waals surface area contributed by atoms with E-state index in [1.165, 1.54) is 23.4 Å². The molecule has 0 bridgehead atoms. The lowest BCUT2D eigenvalue weighted by Gasteiger charge is -2.32. The van der Waals surface area contributed by atoms with Crippen LogP contribution in [0, 0.1) is 5.92 Å². The average molecular weight is 487 g/mol. The van der Waals surface area contributed by atoms with E-state index in [9.17, 15) is 18.0 Å². The molecule has 0 unspecified atom stereocenters. The van der Waals surface area contributed by atoms with Crippen LogP contribution in [0.25, 0.3) is 0 Å². The van der Waals surface area contributed by atoms with Crippen molar-refractivity contribution in [2.75, 3.05) is 24.2 Å². The summed E-state index contributed by atoms with van der Waals surface area (Å²) in [5.41, 5.74) is 1.85. The van der Waals surface area contributed by atoms with Gasteiger partial charge in [-0.15, -0.1) is 11.8 Å². The molecule has 1 saturated heterocycles. The second-order valence-corrected chi connectivity index (χ2v) is 12.1. The Kier molecular flexibility index (Phi) is 7.44. The van der Waals surface area contributed by atoms with E-state index < -0.39 is 9.84 Å². The first-order chi connectivity index (χ1) is 15.9. The number of likely N-dealkylation sites (tertiary alicyclic amines) is 1.